The molecule has 0 bridgehead atoms. The number of rotatable bonds is 13. The van der Waals surface area contributed by atoms with E-state index in [1.807, 2.05) is 0 Å². The van der Waals surface area contributed by atoms with E-state index >= 15 is 0 Å². The molecule has 28 heavy (non-hydrogen) atoms. The molecule has 0 aromatic carbocycles. The largest absolute Gasteiger partial charge is 0.481 e. The highest BCUT2D eigenvalue weighted by atomic mass is 32.2. The van der Waals surface area contributed by atoms with Crippen LogP contribution >= 0.6 is 11.8 Å². The summed E-state index contributed by atoms with van der Waals surface area (Å²) < 4.78 is 0. The van der Waals surface area contributed by atoms with Gasteiger partial charge in [-0.15, -0.1) is 0 Å². The minimum absolute atomic E-state index is 0.0186. The Morgan fingerprint density at radius 1 is 1.18 bits per heavy atom. The number of ketones is 1. The number of hydrogen-bond donors (Lipinski definition) is 3. The van der Waals surface area contributed by atoms with Gasteiger partial charge in [-0.2, -0.15) is 11.8 Å². The van der Waals surface area contributed by atoms with Crippen molar-refractivity contribution in [2.45, 2.75) is 87.9 Å². The predicted molar refractivity (Wildman–Crippen MR) is 112 cm³/mol. The number of carbonyl (C=O) groups is 2. The number of carbonyl (C=O) groups excluding carboxylic acids is 1. The van der Waals surface area contributed by atoms with E-state index in [4.69, 9.17) is 10.2 Å². The number of hydrogen-bond acceptors (Lipinski definition) is 5. The van der Waals surface area contributed by atoms with Gasteiger partial charge in [-0.1, -0.05) is 44.3 Å². The first-order chi connectivity index (χ1) is 13.4. The fourth-order valence-electron chi connectivity index (χ4n) is 4.62. The third-order valence-corrected chi connectivity index (χ3v) is 7.51. The maximum atomic E-state index is 12.6. The molecule has 0 aromatic rings. The monoisotopic (exact) mass is 412 g/mol. The molecule has 3 N–H and O–H groups in total. The maximum Gasteiger partial charge on any atom is 0.303 e. The van der Waals surface area contributed by atoms with Crippen molar-refractivity contribution in [1.82, 2.24) is 0 Å². The van der Waals surface area contributed by atoms with Gasteiger partial charge in [0.15, 0.2) is 0 Å². The average molecular weight is 413 g/mol. The Balaban J connectivity index is 1.87. The molecule has 0 heterocycles. The van der Waals surface area contributed by atoms with Gasteiger partial charge in [0.2, 0.25) is 0 Å². The van der Waals surface area contributed by atoms with Crippen molar-refractivity contribution in [3.05, 3.63) is 12.2 Å². The highest BCUT2D eigenvalue weighted by Gasteiger charge is 2.40. The molecule has 3 atom stereocenters. The van der Waals surface area contributed by atoms with Crippen molar-refractivity contribution in [3.8, 4) is 0 Å². The van der Waals surface area contributed by atoms with Gasteiger partial charge >= 0.3 is 5.97 Å². The Morgan fingerprint density at radius 2 is 1.89 bits per heavy atom. The number of thioether (sulfide) groups is 1. The molecule has 5 nitrogen and oxygen atoms in total. The molecule has 0 unspecified atom stereocenters. The summed E-state index contributed by atoms with van der Waals surface area (Å²) in [5.41, 5.74) is -0.563. The lowest BCUT2D eigenvalue weighted by atomic mass is 9.88. The van der Waals surface area contributed by atoms with Gasteiger partial charge in [0, 0.05) is 29.8 Å². The number of aliphatic hydroxyl groups excluding tert-OH is 1. The van der Waals surface area contributed by atoms with Gasteiger partial charge in [-0.25, -0.2) is 0 Å². The quantitative estimate of drug-likeness (QED) is 0.313. The minimum atomic E-state index is -0.746. The SMILES string of the molecule is O=C(O)CCCCCC[C@H]1C(=O)C[C@@H](SCCO)[C@@H]1C=CCC1(O)CCCC1. The number of aliphatic hydroxyl groups is 2. The molecule has 2 rings (SSSR count). The number of aliphatic carboxylic acids is 1. The van der Waals surface area contributed by atoms with Crippen LogP contribution in [0.5, 0.6) is 0 Å². The lowest BCUT2D eigenvalue weighted by Crippen LogP contribution is -2.23. The molecule has 0 saturated heterocycles. The smallest absolute Gasteiger partial charge is 0.303 e. The highest BCUT2D eigenvalue weighted by Crippen LogP contribution is 2.41. The number of unbranched alkanes of at least 4 members (excludes halogenated alkanes) is 3. The standard InChI is InChI=1S/C22H36O5S/c23-14-15-28-20-16-19(24)17(8-3-1-2-4-10-21(25)26)18(20)9-7-13-22(27)11-5-6-12-22/h7,9,17-18,20,23,27H,1-6,8,10-16H2,(H,25,26)/t17-,18-,20-/m1/s1. The summed E-state index contributed by atoms with van der Waals surface area (Å²) in [5.74, 6) is 0.408. The summed E-state index contributed by atoms with van der Waals surface area (Å²) in [4.78, 5) is 23.2. The maximum absolute atomic E-state index is 12.6. The van der Waals surface area contributed by atoms with E-state index < -0.39 is 11.6 Å². The predicted octanol–water partition coefficient (Wildman–Crippen LogP) is 3.96. The minimum Gasteiger partial charge on any atom is -0.481 e. The van der Waals surface area contributed by atoms with Crippen molar-refractivity contribution in [1.29, 1.82) is 0 Å². The van der Waals surface area contributed by atoms with E-state index in [1.165, 1.54) is 0 Å². The van der Waals surface area contributed by atoms with Gasteiger partial charge in [0.1, 0.15) is 5.78 Å². The van der Waals surface area contributed by atoms with E-state index in [1.54, 1.807) is 11.8 Å². The number of Topliss-reactive ketones (excluding diaryl/α,β-unsaturated/α-hetero) is 1. The number of carboxylic acid groups (broad SMARTS) is 1. The van der Waals surface area contributed by atoms with Crippen LogP contribution in [0.15, 0.2) is 12.2 Å². The molecule has 2 aliphatic carbocycles. The lowest BCUT2D eigenvalue weighted by molar-refractivity contribution is -0.137. The van der Waals surface area contributed by atoms with Gasteiger partial charge in [-0.3, -0.25) is 9.59 Å². The van der Waals surface area contributed by atoms with E-state index in [0.29, 0.717) is 30.8 Å². The second kappa shape index (κ2) is 12.0. The van der Waals surface area contributed by atoms with Crippen LogP contribution in [0, 0.1) is 11.8 Å². The van der Waals surface area contributed by atoms with Crippen molar-refractivity contribution in [2.75, 3.05) is 12.4 Å². The molecule has 0 aliphatic heterocycles. The summed E-state index contributed by atoms with van der Waals surface area (Å²) in [6.45, 7) is 0.125. The second-order valence-corrected chi connectivity index (χ2v) is 9.74. The third-order valence-electron chi connectivity index (χ3n) is 6.18. The van der Waals surface area contributed by atoms with Crippen LogP contribution < -0.4 is 0 Å². The van der Waals surface area contributed by atoms with Crippen molar-refractivity contribution in [3.63, 3.8) is 0 Å². The highest BCUT2D eigenvalue weighted by molar-refractivity contribution is 8.00. The molecule has 2 aliphatic rings. The third kappa shape index (κ3) is 7.53. The van der Waals surface area contributed by atoms with Crippen LogP contribution in [-0.4, -0.2) is 50.3 Å². The summed E-state index contributed by atoms with van der Waals surface area (Å²) in [5, 5.41) is 28.6. The van der Waals surface area contributed by atoms with Crippen LogP contribution in [0.25, 0.3) is 0 Å². The lowest BCUT2D eigenvalue weighted by Gasteiger charge is -2.23. The van der Waals surface area contributed by atoms with Crippen LogP contribution in [0.2, 0.25) is 0 Å². The van der Waals surface area contributed by atoms with Crippen molar-refractivity contribution < 1.29 is 24.9 Å². The molecular weight excluding hydrogens is 376 g/mol. The van der Waals surface area contributed by atoms with E-state index in [9.17, 15) is 14.7 Å². The first-order valence-electron chi connectivity index (χ1n) is 10.8. The summed E-state index contributed by atoms with van der Waals surface area (Å²) in [7, 11) is 0. The number of carboxylic acids is 1. The number of allylic oxidation sites excluding steroid dienone is 1. The van der Waals surface area contributed by atoms with Crippen molar-refractivity contribution in [2.24, 2.45) is 11.8 Å². The zero-order valence-corrected chi connectivity index (χ0v) is 17.7. The first kappa shape index (κ1) is 23.4. The Labute approximate surface area is 173 Å². The molecular formula is C22H36O5S. The molecule has 2 fully saturated rings. The molecule has 0 aromatic heterocycles. The molecule has 0 spiro atoms. The van der Waals surface area contributed by atoms with Crippen LogP contribution in [0.4, 0.5) is 0 Å². The summed E-state index contributed by atoms with van der Waals surface area (Å²) in [6.07, 6.45) is 13.9. The van der Waals surface area contributed by atoms with Gasteiger partial charge in [0.05, 0.1) is 12.2 Å². The zero-order chi connectivity index (χ0) is 20.4. The topological polar surface area (TPSA) is 94.8 Å². The Kier molecular flexibility index (Phi) is 10.0. The molecule has 0 amide bonds. The Morgan fingerprint density at radius 3 is 2.57 bits per heavy atom. The molecule has 0 radical (unpaired) electrons. The summed E-state index contributed by atoms with van der Waals surface area (Å²) >= 11 is 1.68. The Hall–Kier alpha value is -0.850. The second-order valence-electron chi connectivity index (χ2n) is 8.40. The van der Waals surface area contributed by atoms with Gasteiger partial charge in [0.25, 0.3) is 0 Å². The van der Waals surface area contributed by atoms with Gasteiger partial charge in [-0.05, 0) is 38.0 Å². The summed E-state index contributed by atoms with van der Waals surface area (Å²) in [6, 6.07) is 0. The van der Waals surface area contributed by atoms with Crippen molar-refractivity contribution >= 4 is 23.5 Å². The zero-order valence-electron chi connectivity index (χ0n) is 16.9. The fraction of sp³-hybridized carbons (Fsp3) is 0.818. The molecule has 6 heteroatoms. The van der Waals surface area contributed by atoms with E-state index in [-0.39, 0.29) is 30.1 Å². The first-order valence-corrected chi connectivity index (χ1v) is 11.9. The molecule has 160 valence electrons. The van der Waals surface area contributed by atoms with Crippen LogP contribution in [-0.2, 0) is 9.59 Å². The average Bonchev–Trinajstić information content (AvgIpc) is 3.20. The van der Waals surface area contributed by atoms with Gasteiger partial charge < -0.3 is 15.3 Å². The van der Waals surface area contributed by atoms with E-state index in [0.717, 1.165) is 51.4 Å². The van der Waals surface area contributed by atoms with Crippen LogP contribution in [0.1, 0.15) is 77.0 Å². The van der Waals surface area contributed by atoms with E-state index in [2.05, 4.69) is 12.2 Å². The molecule has 2 saturated carbocycles. The normalized spacial score (nSPS) is 27.1. The Bertz CT molecular complexity index is 527. The van der Waals surface area contributed by atoms with Crippen LogP contribution in [0.3, 0.4) is 0 Å². The fourth-order valence-corrected chi connectivity index (χ4v) is 5.81.